The summed E-state index contributed by atoms with van der Waals surface area (Å²) in [5, 5.41) is 20.1. The van der Waals surface area contributed by atoms with Gasteiger partial charge in [0.2, 0.25) is 0 Å². The lowest BCUT2D eigenvalue weighted by molar-refractivity contribution is 0.0942. The highest BCUT2D eigenvalue weighted by Gasteiger charge is 2.14. The van der Waals surface area contributed by atoms with Crippen LogP contribution in [-0.2, 0) is 16.4 Å². The summed E-state index contributed by atoms with van der Waals surface area (Å²) in [5.41, 5.74) is 2.03. The van der Waals surface area contributed by atoms with Gasteiger partial charge in [-0.25, -0.2) is 18.1 Å². The molecule has 3 N–H and O–H groups in total. The van der Waals surface area contributed by atoms with Crippen LogP contribution in [0.15, 0.2) is 59.8 Å². The predicted molar refractivity (Wildman–Crippen MR) is 115 cm³/mol. The Bertz CT molecular complexity index is 1160. The van der Waals surface area contributed by atoms with Crippen LogP contribution in [0, 0.1) is 0 Å². The largest absolute Gasteiger partial charge is 0.373 e. The van der Waals surface area contributed by atoms with Crippen molar-refractivity contribution in [2.75, 3.05) is 6.26 Å². The van der Waals surface area contributed by atoms with E-state index < -0.39 is 16.1 Å². The molecule has 2 aromatic heterocycles. The Morgan fingerprint density at radius 2 is 1.87 bits per heavy atom. The zero-order chi connectivity index (χ0) is 22.6. The number of aromatic nitrogens is 3. The van der Waals surface area contributed by atoms with Gasteiger partial charge >= 0.3 is 0 Å². The van der Waals surface area contributed by atoms with Crippen LogP contribution >= 0.6 is 0 Å². The fourth-order valence-corrected chi connectivity index (χ4v) is 3.47. The van der Waals surface area contributed by atoms with Crippen LogP contribution < -0.4 is 10.6 Å². The van der Waals surface area contributed by atoms with E-state index in [9.17, 15) is 18.3 Å². The fourth-order valence-electron chi connectivity index (χ4n) is 2.84. The molecule has 3 rings (SSSR count). The maximum atomic E-state index is 12.5. The number of nitrogens with zero attached hydrogens (tertiary/aromatic N) is 3. The Morgan fingerprint density at radius 1 is 1.16 bits per heavy atom. The maximum absolute atomic E-state index is 12.5. The van der Waals surface area contributed by atoms with Gasteiger partial charge in [0.05, 0.1) is 22.5 Å². The number of carbonyl (C=O) groups excluding carboxylic acids is 1. The van der Waals surface area contributed by atoms with Crippen molar-refractivity contribution >= 4 is 15.7 Å². The van der Waals surface area contributed by atoms with Gasteiger partial charge in [-0.05, 0) is 50.2 Å². The standard InChI is InChI=1S/C21H25N5O4S/c1-14(2)24-21(28)19-6-4-5-18(25-19)20(27)22-11-15-12-23-26(13-15)16-7-9-17(10-8-16)31(3,29)30/h4-10,12-14,21,24,28H,11H2,1-3H3,(H,22,27). The first-order valence-corrected chi connectivity index (χ1v) is 11.6. The van der Waals surface area contributed by atoms with Gasteiger partial charge in [-0.1, -0.05) is 6.07 Å². The summed E-state index contributed by atoms with van der Waals surface area (Å²) in [7, 11) is -3.26. The van der Waals surface area contributed by atoms with Crippen LogP contribution in [0.2, 0.25) is 0 Å². The van der Waals surface area contributed by atoms with Gasteiger partial charge in [0.25, 0.3) is 5.91 Å². The molecule has 0 saturated heterocycles. The van der Waals surface area contributed by atoms with Crippen molar-refractivity contribution in [2.24, 2.45) is 0 Å². The lowest BCUT2D eigenvalue weighted by atomic mass is 10.2. The molecular formula is C21H25N5O4S. The van der Waals surface area contributed by atoms with Gasteiger partial charge in [-0.2, -0.15) is 5.10 Å². The number of carbonyl (C=O) groups is 1. The van der Waals surface area contributed by atoms with Crippen molar-refractivity contribution in [1.29, 1.82) is 0 Å². The Balaban J connectivity index is 1.64. The minimum absolute atomic E-state index is 0.0633. The number of amides is 1. The van der Waals surface area contributed by atoms with Gasteiger partial charge < -0.3 is 10.4 Å². The predicted octanol–water partition coefficient (Wildman–Crippen LogP) is 1.59. The Hall–Kier alpha value is -3.08. The molecule has 0 bridgehead atoms. The van der Waals surface area contributed by atoms with E-state index in [1.165, 1.54) is 12.1 Å². The highest BCUT2D eigenvalue weighted by molar-refractivity contribution is 7.90. The molecule has 0 saturated carbocycles. The number of hydrogen-bond donors (Lipinski definition) is 3. The summed E-state index contributed by atoms with van der Waals surface area (Å²) in [6, 6.07) is 11.3. The summed E-state index contributed by atoms with van der Waals surface area (Å²) in [6.07, 6.45) is 3.56. The van der Waals surface area contributed by atoms with Crippen molar-refractivity contribution in [3.8, 4) is 5.69 Å². The third kappa shape index (κ3) is 5.97. The SMILES string of the molecule is CC(C)NC(O)c1cccc(C(=O)NCc2cnn(-c3ccc(S(C)(=O)=O)cc3)c2)n1. The van der Waals surface area contributed by atoms with Crippen LogP contribution in [0.4, 0.5) is 0 Å². The molecule has 0 aliphatic carbocycles. The van der Waals surface area contributed by atoms with Crippen molar-refractivity contribution in [1.82, 2.24) is 25.4 Å². The normalized spacial score (nSPS) is 12.7. The third-order valence-electron chi connectivity index (χ3n) is 4.39. The summed E-state index contributed by atoms with van der Waals surface area (Å²) in [4.78, 5) is 16.9. The average Bonchev–Trinajstić information content (AvgIpc) is 3.20. The molecule has 1 unspecified atom stereocenters. The lowest BCUT2D eigenvalue weighted by Gasteiger charge is -2.15. The van der Waals surface area contributed by atoms with E-state index in [0.717, 1.165) is 11.8 Å². The van der Waals surface area contributed by atoms with Crippen LogP contribution in [-0.4, -0.2) is 46.5 Å². The number of hydrogen-bond acceptors (Lipinski definition) is 7. The zero-order valence-corrected chi connectivity index (χ0v) is 18.3. The molecule has 1 atom stereocenters. The van der Waals surface area contributed by atoms with Gasteiger partial charge in [0, 0.05) is 30.6 Å². The zero-order valence-electron chi connectivity index (χ0n) is 17.5. The third-order valence-corrected chi connectivity index (χ3v) is 5.52. The lowest BCUT2D eigenvalue weighted by Crippen LogP contribution is -2.29. The summed E-state index contributed by atoms with van der Waals surface area (Å²) < 4.78 is 24.7. The molecule has 1 amide bonds. The smallest absolute Gasteiger partial charge is 0.270 e. The molecule has 0 aliphatic rings. The molecule has 31 heavy (non-hydrogen) atoms. The minimum Gasteiger partial charge on any atom is -0.373 e. The van der Waals surface area contributed by atoms with Crippen LogP contribution in [0.1, 0.15) is 41.8 Å². The van der Waals surface area contributed by atoms with Crippen LogP contribution in [0.5, 0.6) is 0 Å². The van der Waals surface area contributed by atoms with Crippen molar-refractivity contribution in [3.05, 3.63) is 71.8 Å². The van der Waals surface area contributed by atoms with Crippen molar-refractivity contribution in [2.45, 2.75) is 37.6 Å². The molecule has 0 fully saturated rings. The van der Waals surface area contributed by atoms with E-state index in [0.29, 0.717) is 11.4 Å². The van der Waals surface area contributed by atoms with E-state index >= 15 is 0 Å². The maximum Gasteiger partial charge on any atom is 0.270 e. The number of rotatable bonds is 8. The highest BCUT2D eigenvalue weighted by Crippen LogP contribution is 2.14. The second-order valence-corrected chi connectivity index (χ2v) is 9.43. The van der Waals surface area contributed by atoms with E-state index in [1.54, 1.807) is 47.4 Å². The monoisotopic (exact) mass is 443 g/mol. The molecule has 0 spiro atoms. The number of pyridine rings is 1. The molecule has 2 heterocycles. The van der Waals surface area contributed by atoms with Crippen molar-refractivity contribution < 1.29 is 18.3 Å². The van der Waals surface area contributed by atoms with Crippen LogP contribution in [0.3, 0.4) is 0 Å². The van der Waals surface area contributed by atoms with E-state index in [4.69, 9.17) is 0 Å². The number of aliphatic hydroxyl groups excluding tert-OH is 1. The fraction of sp³-hybridized carbons (Fsp3) is 0.286. The molecule has 10 heteroatoms. The van der Waals surface area contributed by atoms with E-state index in [2.05, 4.69) is 20.7 Å². The number of sulfone groups is 1. The van der Waals surface area contributed by atoms with Gasteiger partial charge in [-0.3, -0.25) is 10.1 Å². The molecule has 164 valence electrons. The van der Waals surface area contributed by atoms with E-state index in [-0.39, 0.29) is 29.1 Å². The molecular weight excluding hydrogens is 418 g/mol. The summed E-state index contributed by atoms with van der Waals surface area (Å²) in [6.45, 7) is 4.04. The Kier molecular flexibility index (Phi) is 6.84. The van der Waals surface area contributed by atoms with E-state index in [1.807, 2.05) is 13.8 Å². The molecule has 1 aromatic carbocycles. The number of benzene rings is 1. The van der Waals surface area contributed by atoms with Gasteiger partial charge in [-0.15, -0.1) is 0 Å². The first-order chi connectivity index (χ1) is 14.6. The summed E-state index contributed by atoms with van der Waals surface area (Å²) in [5.74, 6) is -0.371. The molecule has 3 aromatic rings. The molecule has 9 nitrogen and oxygen atoms in total. The Morgan fingerprint density at radius 3 is 2.52 bits per heavy atom. The van der Waals surface area contributed by atoms with Gasteiger partial charge in [0.1, 0.15) is 11.9 Å². The Labute approximate surface area is 181 Å². The minimum atomic E-state index is -3.26. The second-order valence-electron chi connectivity index (χ2n) is 7.41. The van der Waals surface area contributed by atoms with Crippen LogP contribution in [0.25, 0.3) is 5.69 Å². The highest BCUT2D eigenvalue weighted by atomic mass is 32.2. The first kappa shape index (κ1) is 22.6. The quantitative estimate of drug-likeness (QED) is 0.451. The van der Waals surface area contributed by atoms with Gasteiger partial charge in [0.15, 0.2) is 9.84 Å². The first-order valence-electron chi connectivity index (χ1n) is 9.67. The second kappa shape index (κ2) is 9.38. The van der Waals surface area contributed by atoms with Crippen molar-refractivity contribution in [3.63, 3.8) is 0 Å². The summed E-state index contributed by atoms with van der Waals surface area (Å²) >= 11 is 0. The molecule has 0 radical (unpaired) electrons. The number of aliphatic hydroxyl groups is 1. The number of nitrogens with one attached hydrogen (secondary N) is 2. The average molecular weight is 444 g/mol. The topological polar surface area (TPSA) is 126 Å². The molecule has 0 aliphatic heterocycles.